The number of ether oxygens (including phenoxy) is 2. The molecular formula is C39H41F2N5O9S. The lowest BCUT2D eigenvalue weighted by molar-refractivity contribution is -0.131. The fraction of sp³-hybridized carbons (Fsp3) is 0.359. The van der Waals surface area contributed by atoms with Crippen molar-refractivity contribution in [2.75, 3.05) is 29.2 Å². The molecule has 56 heavy (non-hydrogen) atoms. The largest absolute Gasteiger partial charge is 0.464 e. The number of rotatable bonds is 5. The molecule has 3 N–H and O–H groups in total. The van der Waals surface area contributed by atoms with Crippen molar-refractivity contribution in [2.45, 2.75) is 81.7 Å². The second-order valence-corrected chi connectivity index (χ2v) is 17.1. The molecule has 14 nitrogen and oxygen atoms in total. The van der Waals surface area contributed by atoms with E-state index in [1.807, 2.05) is 0 Å². The summed E-state index contributed by atoms with van der Waals surface area (Å²) in [5.41, 5.74) is -0.192. The highest BCUT2D eigenvalue weighted by molar-refractivity contribution is 7.92. The number of halogens is 2. The first-order valence-electron chi connectivity index (χ1n) is 17.6. The summed E-state index contributed by atoms with van der Waals surface area (Å²) in [5, 5.41) is 15.7. The minimum absolute atomic E-state index is 0.0208. The number of aryl methyl sites for hydroxylation is 2. The molecule has 4 aromatic rings. The topological polar surface area (TPSA) is 185 Å². The monoisotopic (exact) mass is 793 g/mol. The van der Waals surface area contributed by atoms with Gasteiger partial charge in [-0.3, -0.25) is 10.1 Å². The zero-order chi connectivity index (χ0) is 40.9. The van der Waals surface area contributed by atoms with Crippen molar-refractivity contribution in [1.82, 2.24) is 9.88 Å². The highest BCUT2D eigenvalue weighted by Gasteiger charge is 2.40. The molecule has 0 spiro atoms. The average molecular weight is 794 g/mol. The van der Waals surface area contributed by atoms with Crippen molar-refractivity contribution in [3.05, 3.63) is 88.6 Å². The summed E-state index contributed by atoms with van der Waals surface area (Å²) >= 11 is 0. The van der Waals surface area contributed by atoms with Crippen LogP contribution in [0.3, 0.4) is 0 Å². The lowest BCUT2D eigenvalue weighted by Crippen LogP contribution is -2.40. The first kappa shape index (κ1) is 39.8. The molecule has 2 aliphatic heterocycles. The van der Waals surface area contributed by atoms with Crippen LogP contribution in [0.15, 0.2) is 65.7 Å². The summed E-state index contributed by atoms with van der Waals surface area (Å²) in [6.07, 6.45) is -1.66. The van der Waals surface area contributed by atoms with Crippen LogP contribution in [-0.2, 0) is 36.6 Å². The van der Waals surface area contributed by atoms with Crippen molar-refractivity contribution in [1.29, 1.82) is 0 Å². The summed E-state index contributed by atoms with van der Waals surface area (Å²) < 4.78 is 68.6. The van der Waals surface area contributed by atoms with E-state index in [-0.39, 0.29) is 50.6 Å². The van der Waals surface area contributed by atoms with Crippen LogP contribution in [0.5, 0.6) is 0 Å². The Hall–Kier alpha value is -5.84. The number of sulfone groups is 1. The van der Waals surface area contributed by atoms with Crippen LogP contribution >= 0.6 is 0 Å². The van der Waals surface area contributed by atoms with Gasteiger partial charge in [0.2, 0.25) is 5.91 Å². The summed E-state index contributed by atoms with van der Waals surface area (Å²) in [7, 11) is -2.31. The van der Waals surface area contributed by atoms with Gasteiger partial charge in [-0.15, -0.1) is 0 Å². The maximum Gasteiger partial charge on any atom is 0.425 e. The van der Waals surface area contributed by atoms with E-state index in [1.165, 1.54) is 68.4 Å². The minimum Gasteiger partial charge on any atom is -0.464 e. The molecule has 3 aromatic carbocycles. The van der Waals surface area contributed by atoms with Crippen LogP contribution in [-0.4, -0.2) is 72.1 Å². The molecule has 1 aromatic heterocycles. The average Bonchev–Trinajstić information content (AvgIpc) is 3.95. The SMILES string of the molecule is Cc1cc2cc(C)c1C(F)(F)COC(=O)Nc1ccc(S(=O)(=O)C3CC3)c(c1)CN(C)C(=O)[C@@H]2Nc1ccc2c(N(C(=O)O)C(=O)OC(C)(C)C)nccc2c1. The second kappa shape index (κ2) is 14.7. The number of carbonyl (C=O) groups is 4. The third-order valence-corrected chi connectivity index (χ3v) is 11.6. The van der Waals surface area contributed by atoms with E-state index in [1.54, 1.807) is 39.0 Å². The van der Waals surface area contributed by atoms with Gasteiger partial charge in [-0.25, -0.2) is 27.8 Å². The van der Waals surface area contributed by atoms with Crippen LogP contribution in [0.1, 0.15) is 67.5 Å². The molecule has 7 rings (SSSR count). The fourth-order valence-corrected chi connectivity index (χ4v) is 8.60. The van der Waals surface area contributed by atoms with Gasteiger partial charge in [-0.2, -0.15) is 13.7 Å². The van der Waals surface area contributed by atoms with Crippen LogP contribution < -0.4 is 15.5 Å². The molecule has 0 unspecified atom stereocenters. The Morgan fingerprint density at radius 1 is 1.05 bits per heavy atom. The Labute approximate surface area is 321 Å². The molecule has 296 valence electrons. The van der Waals surface area contributed by atoms with E-state index < -0.39 is 63.4 Å². The van der Waals surface area contributed by atoms with Crippen molar-refractivity contribution < 1.29 is 51.0 Å². The zero-order valence-corrected chi connectivity index (χ0v) is 32.3. The predicted octanol–water partition coefficient (Wildman–Crippen LogP) is 7.67. The molecule has 4 bridgehead atoms. The Balaban J connectivity index is 1.44. The normalized spacial score (nSPS) is 17.6. The number of nitrogens with zero attached hydrogens (tertiary/aromatic N) is 3. The molecule has 3 aliphatic rings. The van der Waals surface area contributed by atoms with Crippen LogP contribution in [0.4, 0.5) is 40.4 Å². The highest BCUT2D eigenvalue weighted by atomic mass is 32.2. The molecule has 1 fully saturated rings. The highest BCUT2D eigenvalue weighted by Crippen LogP contribution is 2.39. The smallest absolute Gasteiger partial charge is 0.425 e. The van der Waals surface area contributed by atoms with Gasteiger partial charge < -0.3 is 24.8 Å². The van der Waals surface area contributed by atoms with Crippen LogP contribution in [0, 0.1) is 13.8 Å². The van der Waals surface area contributed by atoms with Gasteiger partial charge in [0, 0.05) is 42.1 Å². The summed E-state index contributed by atoms with van der Waals surface area (Å²) in [5.74, 6) is -4.38. The van der Waals surface area contributed by atoms with E-state index >= 15 is 8.78 Å². The van der Waals surface area contributed by atoms with Crippen molar-refractivity contribution >= 4 is 62.0 Å². The zero-order valence-electron chi connectivity index (χ0n) is 31.5. The maximum atomic E-state index is 15.7. The quantitative estimate of drug-likeness (QED) is 0.180. The van der Waals surface area contributed by atoms with Crippen LogP contribution in [0.25, 0.3) is 10.8 Å². The number of hydrogen-bond donors (Lipinski definition) is 3. The number of hydrogen-bond acceptors (Lipinski definition) is 10. The van der Waals surface area contributed by atoms with Gasteiger partial charge in [-0.05, 0) is 118 Å². The van der Waals surface area contributed by atoms with E-state index in [4.69, 9.17) is 9.47 Å². The first-order chi connectivity index (χ1) is 26.2. The molecular weight excluding hydrogens is 753 g/mol. The molecule has 0 radical (unpaired) electrons. The van der Waals surface area contributed by atoms with E-state index in [2.05, 4.69) is 15.6 Å². The lowest BCUT2D eigenvalue weighted by Gasteiger charge is -2.29. The number of carboxylic acid groups (broad SMARTS) is 1. The number of pyridine rings is 1. The van der Waals surface area contributed by atoms with E-state index in [0.717, 1.165) is 0 Å². The Bertz CT molecular complexity index is 2360. The summed E-state index contributed by atoms with van der Waals surface area (Å²) in [4.78, 5) is 58.2. The maximum absolute atomic E-state index is 15.7. The number of alkyl halides is 2. The molecule has 17 heteroatoms. The Morgan fingerprint density at radius 3 is 2.36 bits per heavy atom. The number of imide groups is 1. The van der Waals surface area contributed by atoms with Gasteiger partial charge in [0.15, 0.2) is 22.3 Å². The summed E-state index contributed by atoms with van der Waals surface area (Å²) in [6, 6.07) is 11.9. The number of likely N-dealkylation sites (N-methyl/N-ethyl adjacent to an activating group) is 1. The van der Waals surface area contributed by atoms with E-state index in [9.17, 15) is 32.7 Å². The van der Waals surface area contributed by atoms with Gasteiger partial charge in [0.25, 0.3) is 0 Å². The molecule has 4 amide bonds. The van der Waals surface area contributed by atoms with E-state index in [0.29, 0.717) is 34.4 Å². The third-order valence-electron chi connectivity index (χ3n) is 9.28. The lowest BCUT2D eigenvalue weighted by atomic mass is 9.91. The minimum atomic E-state index is -3.78. The number of carbonyl (C=O) groups excluding carboxylic acids is 3. The number of benzene rings is 3. The summed E-state index contributed by atoms with van der Waals surface area (Å²) in [6.45, 7) is 6.19. The number of fused-ring (bicyclic) bond motifs is 10. The number of amides is 4. The number of aromatic nitrogens is 1. The predicted molar refractivity (Wildman–Crippen MR) is 203 cm³/mol. The van der Waals surface area contributed by atoms with Crippen LogP contribution in [0.2, 0.25) is 0 Å². The van der Waals surface area contributed by atoms with Crippen molar-refractivity contribution in [2.24, 2.45) is 0 Å². The standard InChI is InChI=1S/C39H41F2N5O9S/c1-21-15-24-16-22(2)31(21)39(40,41)20-54-35(48)44-27-8-12-30(56(52,53)28-9-10-28)25(18-27)19-45(6)34(47)32(24)43-26-7-11-29-23(17-26)13-14-42-33(29)46(36(49)50)37(51)55-38(3,4)5/h7-8,11-18,28,32,43H,9-10,19-20H2,1-6H3,(H,44,48)(H,49,50)/t32-/m1/s1. The Morgan fingerprint density at radius 2 is 1.73 bits per heavy atom. The van der Waals surface area contributed by atoms with Crippen molar-refractivity contribution in [3.63, 3.8) is 0 Å². The fourth-order valence-electron chi connectivity index (χ4n) is 6.74. The van der Waals surface area contributed by atoms with Gasteiger partial charge in [0.1, 0.15) is 11.6 Å². The molecule has 1 aliphatic carbocycles. The Kier molecular flexibility index (Phi) is 10.4. The molecule has 0 saturated heterocycles. The number of anilines is 3. The van der Waals surface area contributed by atoms with Gasteiger partial charge in [-0.1, -0.05) is 12.1 Å². The second-order valence-electron chi connectivity index (χ2n) is 14.9. The molecule has 1 atom stereocenters. The molecule has 1 saturated carbocycles. The van der Waals surface area contributed by atoms with Gasteiger partial charge >= 0.3 is 24.2 Å². The third kappa shape index (κ3) is 8.22. The first-order valence-corrected chi connectivity index (χ1v) is 19.2. The van der Waals surface area contributed by atoms with Gasteiger partial charge in [0.05, 0.1) is 10.1 Å². The number of nitrogens with one attached hydrogen (secondary N) is 2. The molecule has 3 heterocycles. The van der Waals surface area contributed by atoms with Crippen molar-refractivity contribution in [3.8, 4) is 0 Å².